The molecule has 0 atom stereocenters. The number of rotatable bonds is 7. The van der Waals surface area contributed by atoms with Crippen LogP contribution in [0.3, 0.4) is 0 Å². The fourth-order valence-electron chi connectivity index (χ4n) is 1.90. The Morgan fingerprint density at radius 1 is 1.19 bits per heavy atom. The Hall–Kier alpha value is -1.93. The SMILES string of the molecule is CCN(CC)c1nc(NN)nc(NCc2sccc2C)n1. The van der Waals surface area contributed by atoms with Gasteiger partial charge < -0.3 is 10.2 Å². The largest absolute Gasteiger partial charge is 0.349 e. The maximum absolute atomic E-state index is 5.44. The predicted octanol–water partition coefficient (Wildman–Crippen LogP) is 1.99. The zero-order valence-electron chi connectivity index (χ0n) is 12.6. The second kappa shape index (κ2) is 7.19. The molecule has 0 saturated heterocycles. The average molecular weight is 307 g/mol. The molecule has 0 spiro atoms. The van der Waals surface area contributed by atoms with Crippen LogP contribution in [0.1, 0.15) is 24.3 Å². The van der Waals surface area contributed by atoms with Crippen LogP contribution < -0.4 is 21.5 Å². The van der Waals surface area contributed by atoms with Gasteiger partial charge in [-0.3, -0.25) is 5.43 Å². The number of thiophene rings is 1. The van der Waals surface area contributed by atoms with Crippen molar-refractivity contribution >= 4 is 29.2 Å². The lowest BCUT2D eigenvalue weighted by atomic mass is 10.3. The first-order valence-corrected chi connectivity index (χ1v) is 7.80. The standard InChI is InChI=1S/C13H21N7S/c1-4-20(5-2)13-17-11(16-12(18-13)19-14)15-8-10-9(3)6-7-21-10/h6-7H,4-5,8,14H2,1-3H3,(H2,15,16,17,18,19). The first-order valence-electron chi connectivity index (χ1n) is 6.92. The maximum Gasteiger partial charge on any atom is 0.243 e. The smallest absolute Gasteiger partial charge is 0.243 e. The Balaban J connectivity index is 2.18. The van der Waals surface area contributed by atoms with E-state index in [1.807, 2.05) is 4.90 Å². The second-order valence-electron chi connectivity index (χ2n) is 4.48. The highest BCUT2D eigenvalue weighted by atomic mass is 32.1. The topological polar surface area (TPSA) is 92.0 Å². The van der Waals surface area contributed by atoms with Gasteiger partial charge in [-0.05, 0) is 37.8 Å². The summed E-state index contributed by atoms with van der Waals surface area (Å²) < 4.78 is 0. The fourth-order valence-corrected chi connectivity index (χ4v) is 2.75. The van der Waals surface area contributed by atoms with Crippen molar-refractivity contribution in [2.24, 2.45) is 5.84 Å². The van der Waals surface area contributed by atoms with Crippen LogP contribution in [0.4, 0.5) is 17.8 Å². The van der Waals surface area contributed by atoms with Gasteiger partial charge in [0.1, 0.15) is 0 Å². The van der Waals surface area contributed by atoms with E-state index in [1.165, 1.54) is 10.4 Å². The Kier molecular flexibility index (Phi) is 5.29. The van der Waals surface area contributed by atoms with Gasteiger partial charge in [0.05, 0.1) is 6.54 Å². The van der Waals surface area contributed by atoms with Gasteiger partial charge in [-0.25, -0.2) is 5.84 Å². The Morgan fingerprint density at radius 2 is 1.90 bits per heavy atom. The number of anilines is 3. The zero-order valence-corrected chi connectivity index (χ0v) is 13.4. The summed E-state index contributed by atoms with van der Waals surface area (Å²) in [6, 6.07) is 2.10. The van der Waals surface area contributed by atoms with Crippen molar-refractivity contribution in [3.8, 4) is 0 Å². The first kappa shape index (κ1) is 15.5. The van der Waals surface area contributed by atoms with Crippen LogP contribution in [0.5, 0.6) is 0 Å². The maximum atomic E-state index is 5.44. The van der Waals surface area contributed by atoms with Crippen LogP contribution in [-0.2, 0) is 6.54 Å². The third kappa shape index (κ3) is 3.79. The van der Waals surface area contributed by atoms with E-state index >= 15 is 0 Å². The molecule has 0 aliphatic carbocycles. The van der Waals surface area contributed by atoms with Crippen LogP contribution in [0.25, 0.3) is 0 Å². The number of nitrogens with one attached hydrogen (secondary N) is 2. The van der Waals surface area contributed by atoms with Gasteiger partial charge in [0.2, 0.25) is 17.8 Å². The monoisotopic (exact) mass is 307 g/mol. The van der Waals surface area contributed by atoms with Crippen molar-refractivity contribution in [3.63, 3.8) is 0 Å². The van der Waals surface area contributed by atoms with Crippen molar-refractivity contribution in [2.45, 2.75) is 27.3 Å². The van der Waals surface area contributed by atoms with Gasteiger partial charge in [0, 0.05) is 18.0 Å². The molecular formula is C13H21N7S. The summed E-state index contributed by atoms with van der Waals surface area (Å²) in [5, 5.41) is 5.31. The molecule has 4 N–H and O–H groups in total. The normalized spacial score (nSPS) is 10.5. The summed E-state index contributed by atoms with van der Waals surface area (Å²) >= 11 is 1.71. The minimum atomic E-state index is 0.359. The molecule has 0 unspecified atom stereocenters. The third-order valence-electron chi connectivity index (χ3n) is 3.17. The highest BCUT2D eigenvalue weighted by Gasteiger charge is 2.11. The Bertz CT molecular complexity index is 580. The van der Waals surface area contributed by atoms with Gasteiger partial charge in [-0.15, -0.1) is 11.3 Å². The van der Waals surface area contributed by atoms with E-state index in [1.54, 1.807) is 11.3 Å². The molecule has 8 heteroatoms. The number of nitrogens with zero attached hydrogens (tertiary/aromatic N) is 4. The van der Waals surface area contributed by atoms with E-state index in [0.29, 0.717) is 24.4 Å². The molecule has 0 bridgehead atoms. The van der Waals surface area contributed by atoms with E-state index in [-0.39, 0.29) is 0 Å². The molecule has 0 aromatic carbocycles. The van der Waals surface area contributed by atoms with E-state index in [4.69, 9.17) is 5.84 Å². The second-order valence-corrected chi connectivity index (χ2v) is 5.48. The Morgan fingerprint density at radius 3 is 2.48 bits per heavy atom. The number of aryl methyl sites for hydroxylation is 1. The molecule has 0 aliphatic rings. The van der Waals surface area contributed by atoms with Crippen LogP contribution in [0.2, 0.25) is 0 Å². The summed E-state index contributed by atoms with van der Waals surface area (Å²) in [4.78, 5) is 16.3. The van der Waals surface area contributed by atoms with Crippen molar-refractivity contribution in [1.82, 2.24) is 15.0 Å². The van der Waals surface area contributed by atoms with E-state index in [2.05, 4.69) is 57.9 Å². The van der Waals surface area contributed by atoms with Gasteiger partial charge >= 0.3 is 0 Å². The number of hydrogen-bond donors (Lipinski definition) is 3. The number of hydrazine groups is 1. The van der Waals surface area contributed by atoms with Crippen LogP contribution in [0, 0.1) is 6.92 Å². The predicted molar refractivity (Wildman–Crippen MR) is 87.6 cm³/mol. The van der Waals surface area contributed by atoms with Gasteiger partial charge in [-0.1, -0.05) is 0 Å². The van der Waals surface area contributed by atoms with Crippen LogP contribution in [0.15, 0.2) is 11.4 Å². The van der Waals surface area contributed by atoms with Gasteiger partial charge in [0.15, 0.2) is 0 Å². The summed E-state index contributed by atoms with van der Waals surface area (Å²) in [7, 11) is 0. The highest BCUT2D eigenvalue weighted by Crippen LogP contribution is 2.18. The fraction of sp³-hybridized carbons (Fsp3) is 0.462. The van der Waals surface area contributed by atoms with Crippen molar-refractivity contribution in [1.29, 1.82) is 0 Å². The molecule has 0 fully saturated rings. The zero-order chi connectivity index (χ0) is 15.2. The first-order chi connectivity index (χ1) is 10.2. The van der Waals surface area contributed by atoms with E-state index in [9.17, 15) is 0 Å². The average Bonchev–Trinajstić information content (AvgIpc) is 2.91. The molecule has 114 valence electrons. The van der Waals surface area contributed by atoms with Crippen molar-refractivity contribution in [2.75, 3.05) is 28.7 Å². The number of nitrogens with two attached hydrogens (primary N) is 1. The minimum Gasteiger partial charge on any atom is -0.349 e. The number of aromatic nitrogens is 3. The van der Waals surface area contributed by atoms with Crippen LogP contribution in [-0.4, -0.2) is 28.0 Å². The lowest BCUT2D eigenvalue weighted by molar-refractivity contribution is 0.812. The minimum absolute atomic E-state index is 0.359. The summed E-state index contributed by atoms with van der Waals surface area (Å²) in [5.41, 5.74) is 3.76. The summed E-state index contributed by atoms with van der Waals surface area (Å²) in [6.45, 7) is 8.56. The van der Waals surface area contributed by atoms with Crippen LogP contribution >= 0.6 is 11.3 Å². The van der Waals surface area contributed by atoms with Gasteiger partial charge in [-0.2, -0.15) is 15.0 Å². The lowest BCUT2D eigenvalue weighted by Crippen LogP contribution is -2.26. The molecule has 0 saturated carbocycles. The molecule has 7 nitrogen and oxygen atoms in total. The number of hydrogen-bond acceptors (Lipinski definition) is 8. The molecule has 0 amide bonds. The Labute approximate surface area is 128 Å². The quantitative estimate of drug-likeness (QED) is 0.532. The molecule has 2 aromatic heterocycles. The third-order valence-corrected chi connectivity index (χ3v) is 4.20. The van der Waals surface area contributed by atoms with E-state index in [0.717, 1.165) is 13.1 Å². The molecule has 0 radical (unpaired) electrons. The molecule has 2 rings (SSSR count). The molecule has 2 heterocycles. The van der Waals surface area contributed by atoms with Crippen molar-refractivity contribution < 1.29 is 0 Å². The molecule has 21 heavy (non-hydrogen) atoms. The van der Waals surface area contributed by atoms with E-state index < -0.39 is 0 Å². The number of nitrogen functional groups attached to an aromatic ring is 1. The molecule has 0 aliphatic heterocycles. The molecular weight excluding hydrogens is 286 g/mol. The summed E-state index contributed by atoms with van der Waals surface area (Å²) in [6.07, 6.45) is 0. The lowest BCUT2D eigenvalue weighted by Gasteiger charge is -2.19. The molecule has 2 aromatic rings. The highest BCUT2D eigenvalue weighted by molar-refractivity contribution is 7.10. The summed E-state index contributed by atoms with van der Waals surface area (Å²) in [5.74, 6) is 6.94. The van der Waals surface area contributed by atoms with Gasteiger partial charge in [0.25, 0.3) is 0 Å². The van der Waals surface area contributed by atoms with Crippen molar-refractivity contribution in [3.05, 3.63) is 21.9 Å².